The van der Waals surface area contributed by atoms with Crippen molar-refractivity contribution in [3.8, 4) is 0 Å². The molecule has 0 saturated heterocycles. The molecule has 0 atom stereocenters. The van der Waals surface area contributed by atoms with Crippen LogP contribution in [0.5, 0.6) is 0 Å². The molecule has 0 saturated carbocycles. The summed E-state index contributed by atoms with van der Waals surface area (Å²) in [6.07, 6.45) is 0. The summed E-state index contributed by atoms with van der Waals surface area (Å²) in [5.74, 6) is 0. The van der Waals surface area contributed by atoms with Gasteiger partial charge in [0.1, 0.15) is 5.36 Å². The van der Waals surface area contributed by atoms with Gasteiger partial charge < -0.3 is 0 Å². The fourth-order valence-corrected chi connectivity index (χ4v) is 3.15. The van der Waals surface area contributed by atoms with Crippen LogP contribution in [0.1, 0.15) is 11.1 Å². The smallest absolute Gasteiger partial charge is 0.287 e. The molecule has 0 heterocycles. The molecular formula is C20H18N4O5S. The number of rotatable bonds is 5. The van der Waals surface area contributed by atoms with Gasteiger partial charge in [0, 0.05) is 0 Å². The van der Waals surface area contributed by atoms with Crippen LogP contribution in [0.15, 0.2) is 79.3 Å². The van der Waals surface area contributed by atoms with Crippen molar-refractivity contribution in [2.24, 2.45) is 10.2 Å². The maximum absolute atomic E-state index is 12.6. The molecule has 3 aromatic rings. The van der Waals surface area contributed by atoms with Crippen LogP contribution in [-0.4, -0.2) is 13.0 Å². The Morgan fingerprint density at radius 2 is 1.47 bits per heavy atom. The van der Waals surface area contributed by atoms with Gasteiger partial charge in [0.2, 0.25) is 10.9 Å². The first-order valence-corrected chi connectivity index (χ1v) is 10.2. The fourth-order valence-electron chi connectivity index (χ4n) is 2.67. The maximum Gasteiger partial charge on any atom is 0.294 e. The number of nitrogens with one attached hydrogen (secondary N) is 2. The van der Waals surface area contributed by atoms with E-state index in [1.807, 2.05) is 32.0 Å². The summed E-state index contributed by atoms with van der Waals surface area (Å²) in [7, 11) is -4.30. The van der Waals surface area contributed by atoms with Crippen molar-refractivity contribution in [3.63, 3.8) is 0 Å². The summed E-state index contributed by atoms with van der Waals surface area (Å²) in [6.45, 7) is 3.76. The Morgan fingerprint density at radius 3 is 2.07 bits per heavy atom. The minimum Gasteiger partial charge on any atom is -0.287 e. The number of para-hydroxylation sites is 1. The van der Waals surface area contributed by atoms with Crippen LogP contribution < -0.4 is 32.4 Å². The lowest BCUT2D eigenvalue weighted by molar-refractivity contribution is 0.483. The van der Waals surface area contributed by atoms with Crippen LogP contribution >= 0.6 is 0 Å². The molecule has 0 aliphatic carbocycles. The number of nitrogens with zero attached hydrogens (tertiary/aromatic N) is 2. The van der Waals surface area contributed by atoms with Gasteiger partial charge in [-0.25, -0.2) is 0 Å². The average molecular weight is 426 g/mol. The first-order valence-electron chi connectivity index (χ1n) is 8.75. The molecule has 154 valence electrons. The second-order valence-electron chi connectivity index (χ2n) is 6.47. The van der Waals surface area contributed by atoms with E-state index in [-0.39, 0.29) is 15.6 Å². The van der Waals surface area contributed by atoms with Crippen molar-refractivity contribution in [2.45, 2.75) is 18.7 Å². The molecule has 3 aromatic carbocycles. The van der Waals surface area contributed by atoms with E-state index in [2.05, 4.69) is 21.1 Å². The Bertz CT molecular complexity index is 1400. The largest absolute Gasteiger partial charge is 0.294 e. The van der Waals surface area contributed by atoms with E-state index in [9.17, 15) is 18.0 Å². The third kappa shape index (κ3) is 4.67. The lowest BCUT2D eigenvalue weighted by Crippen LogP contribution is -2.48. The predicted octanol–water partition coefficient (Wildman–Crippen LogP) is 1.00. The van der Waals surface area contributed by atoms with Crippen LogP contribution in [0, 0.1) is 13.8 Å². The van der Waals surface area contributed by atoms with E-state index < -0.39 is 21.0 Å². The van der Waals surface area contributed by atoms with Crippen LogP contribution in [-0.2, 0) is 10.1 Å². The van der Waals surface area contributed by atoms with E-state index in [0.717, 1.165) is 11.1 Å². The molecule has 0 radical (unpaired) electrons. The van der Waals surface area contributed by atoms with E-state index in [1.54, 1.807) is 0 Å². The molecule has 0 bridgehead atoms. The number of anilines is 2. The zero-order valence-corrected chi connectivity index (χ0v) is 16.9. The minimum atomic E-state index is -4.30. The van der Waals surface area contributed by atoms with Crippen molar-refractivity contribution in [2.75, 3.05) is 10.9 Å². The molecule has 3 N–H and O–H groups in total. The molecule has 3 rings (SSSR count). The number of aryl methyl sites for hydroxylation is 2. The van der Waals surface area contributed by atoms with Gasteiger partial charge in [-0.05, 0) is 61.4 Å². The lowest BCUT2D eigenvalue weighted by Gasteiger charge is -2.07. The maximum atomic E-state index is 12.6. The highest BCUT2D eigenvalue weighted by atomic mass is 32.2. The second kappa shape index (κ2) is 8.39. The van der Waals surface area contributed by atoms with Gasteiger partial charge in [0.25, 0.3) is 10.1 Å². The van der Waals surface area contributed by atoms with Crippen LogP contribution in [0.4, 0.5) is 11.4 Å². The van der Waals surface area contributed by atoms with Gasteiger partial charge in [-0.15, -0.1) is 0 Å². The van der Waals surface area contributed by atoms with Gasteiger partial charge in [-0.2, -0.15) is 18.6 Å². The van der Waals surface area contributed by atoms with Crippen molar-refractivity contribution in [3.05, 3.63) is 96.9 Å². The van der Waals surface area contributed by atoms with Gasteiger partial charge >= 0.3 is 0 Å². The molecule has 0 aliphatic heterocycles. The topological polar surface area (TPSA) is 137 Å². The third-order valence-electron chi connectivity index (χ3n) is 4.29. The standard InChI is InChI=1S/C20H18N4O5S/c1-12-4-3-5-13(2)18(12)23-24-19-17(25)11-10-16(20(19)26)22-21-14-6-8-15(9-7-14)30(27,28)29/h3-11,21,23H,1-2H3,(H,27,28,29). The Hall–Kier alpha value is -3.63. The Labute approximate surface area is 171 Å². The molecule has 0 aromatic heterocycles. The SMILES string of the molecule is Cc1cccc(C)c1NN=c1c(=O)ccc(=NNc2ccc(S(=O)(=O)O)cc2)c1=O. The molecule has 10 heteroatoms. The van der Waals surface area contributed by atoms with Crippen molar-refractivity contribution in [1.29, 1.82) is 0 Å². The van der Waals surface area contributed by atoms with Crippen molar-refractivity contribution < 1.29 is 13.0 Å². The quantitative estimate of drug-likeness (QED) is 0.409. The van der Waals surface area contributed by atoms with Gasteiger partial charge in [-0.1, -0.05) is 18.2 Å². The molecule has 0 aliphatic rings. The molecule has 30 heavy (non-hydrogen) atoms. The summed E-state index contributed by atoms with van der Waals surface area (Å²) >= 11 is 0. The zero-order chi connectivity index (χ0) is 21.9. The van der Waals surface area contributed by atoms with Crippen LogP contribution in [0.3, 0.4) is 0 Å². The van der Waals surface area contributed by atoms with E-state index in [4.69, 9.17) is 4.55 Å². The van der Waals surface area contributed by atoms with Crippen LogP contribution in [0.25, 0.3) is 0 Å². The van der Waals surface area contributed by atoms with E-state index in [0.29, 0.717) is 11.4 Å². The summed E-state index contributed by atoms with van der Waals surface area (Å²) in [6, 6.07) is 13.2. The minimum absolute atomic E-state index is 0.0458. The van der Waals surface area contributed by atoms with E-state index >= 15 is 0 Å². The van der Waals surface area contributed by atoms with Crippen molar-refractivity contribution >= 4 is 21.5 Å². The first-order chi connectivity index (χ1) is 14.2. The summed E-state index contributed by atoms with van der Waals surface area (Å²) in [5.41, 5.74) is 7.08. The highest BCUT2D eigenvalue weighted by molar-refractivity contribution is 7.85. The lowest BCUT2D eigenvalue weighted by atomic mass is 10.1. The zero-order valence-electron chi connectivity index (χ0n) is 16.1. The summed E-state index contributed by atoms with van der Waals surface area (Å²) in [5, 5.41) is 7.60. The number of hydrogen-bond donors (Lipinski definition) is 3. The Kier molecular flexibility index (Phi) is 5.90. The third-order valence-corrected chi connectivity index (χ3v) is 5.16. The molecule has 0 spiro atoms. The molecular weight excluding hydrogens is 408 g/mol. The highest BCUT2D eigenvalue weighted by Gasteiger charge is 2.08. The molecule has 0 fully saturated rings. The molecule has 0 unspecified atom stereocenters. The van der Waals surface area contributed by atoms with Crippen molar-refractivity contribution in [1.82, 2.24) is 0 Å². The average Bonchev–Trinajstić information content (AvgIpc) is 2.69. The summed E-state index contributed by atoms with van der Waals surface area (Å²) < 4.78 is 31.1. The predicted molar refractivity (Wildman–Crippen MR) is 112 cm³/mol. The van der Waals surface area contributed by atoms with Gasteiger partial charge in [0.15, 0.2) is 5.36 Å². The Morgan fingerprint density at radius 1 is 0.833 bits per heavy atom. The normalized spacial score (nSPS) is 12.8. The highest BCUT2D eigenvalue weighted by Crippen LogP contribution is 2.18. The van der Waals surface area contributed by atoms with Gasteiger partial charge in [-0.3, -0.25) is 25.0 Å². The van der Waals surface area contributed by atoms with E-state index in [1.165, 1.54) is 36.4 Å². The molecule has 0 amide bonds. The molecule has 9 nitrogen and oxygen atoms in total. The second-order valence-corrected chi connectivity index (χ2v) is 7.90. The Balaban J connectivity index is 1.94. The van der Waals surface area contributed by atoms with Gasteiger partial charge in [0.05, 0.1) is 16.3 Å². The first kappa shape index (κ1) is 21.1. The number of benzene rings is 3. The summed E-state index contributed by atoms with van der Waals surface area (Å²) in [4.78, 5) is 24.4. The monoisotopic (exact) mass is 426 g/mol. The number of hydrogen-bond acceptors (Lipinski definition) is 8. The van der Waals surface area contributed by atoms with Crippen LogP contribution in [0.2, 0.25) is 0 Å². The fraction of sp³-hybridized carbons (Fsp3) is 0.100.